The molecule has 0 fully saturated rings. The minimum atomic E-state index is -0.827. The van der Waals surface area contributed by atoms with Crippen LogP contribution < -0.4 is 4.90 Å². The number of nitrogens with zero attached hydrogens (tertiary/aromatic N) is 1. The van der Waals surface area contributed by atoms with Gasteiger partial charge in [0, 0.05) is 13.2 Å². The van der Waals surface area contributed by atoms with E-state index in [4.69, 9.17) is 5.11 Å². The Morgan fingerprint density at radius 1 is 1.75 bits per heavy atom. The van der Waals surface area contributed by atoms with E-state index in [1.807, 2.05) is 12.1 Å². The van der Waals surface area contributed by atoms with Crippen LogP contribution >= 0.6 is 0 Å². The summed E-state index contributed by atoms with van der Waals surface area (Å²) in [5.74, 6) is -0.0167. The molecule has 1 atom stereocenters. The molecule has 0 saturated carbocycles. The summed E-state index contributed by atoms with van der Waals surface area (Å²) in [6, 6.07) is 3.16. The molecule has 0 amide bonds. The zero-order valence-electron chi connectivity index (χ0n) is 7.11. The molecule has 66 valence electrons. The van der Waals surface area contributed by atoms with Gasteiger partial charge in [0.2, 0.25) is 0 Å². The lowest BCUT2D eigenvalue weighted by molar-refractivity contribution is -0.138. The van der Waals surface area contributed by atoms with Crippen LogP contribution in [0.15, 0.2) is 18.3 Å². The van der Waals surface area contributed by atoms with Crippen molar-refractivity contribution in [2.24, 2.45) is 0 Å². The van der Waals surface area contributed by atoms with Gasteiger partial charge in [0.1, 0.15) is 11.9 Å². The molecule has 1 rings (SSSR count). The number of nitrogens with one attached hydrogen (secondary N) is 1. The number of hydrogen-bond donors (Lipinski definition) is 2. The predicted molar refractivity (Wildman–Crippen MR) is 46.3 cm³/mol. The van der Waals surface area contributed by atoms with Crippen molar-refractivity contribution in [3.05, 3.63) is 18.3 Å². The van der Waals surface area contributed by atoms with E-state index in [0.29, 0.717) is 0 Å². The van der Waals surface area contributed by atoms with Gasteiger partial charge in [-0.15, -0.1) is 0 Å². The van der Waals surface area contributed by atoms with Crippen LogP contribution in [-0.4, -0.2) is 29.1 Å². The summed E-state index contributed by atoms with van der Waals surface area (Å²) in [5, 5.41) is 8.70. The van der Waals surface area contributed by atoms with E-state index in [1.165, 1.54) is 0 Å². The third kappa shape index (κ3) is 1.58. The van der Waals surface area contributed by atoms with E-state index in [2.05, 4.69) is 4.98 Å². The molecule has 12 heavy (non-hydrogen) atoms. The molecule has 1 unspecified atom stereocenters. The number of carbonyl (C=O) groups is 1. The second kappa shape index (κ2) is 3.30. The predicted octanol–water partition coefficient (Wildman–Crippen LogP) is 0.924. The van der Waals surface area contributed by atoms with Gasteiger partial charge in [-0.2, -0.15) is 0 Å². The number of aromatic amines is 1. The van der Waals surface area contributed by atoms with E-state index < -0.39 is 12.0 Å². The normalized spacial score (nSPS) is 12.5. The minimum Gasteiger partial charge on any atom is -0.480 e. The molecule has 0 spiro atoms. The maximum Gasteiger partial charge on any atom is 0.326 e. The van der Waals surface area contributed by atoms with Crippen molar-refractivity contribution in [2.75, 3.05) is 11.9 Å². The zero-order chi connectivity index (χ0) is 9.14. The fraction of sp³-hybridized carbons (Fsp3) is 0.375. The van der Waals surface area contributed by atoms with Crippen molar-refractivity contribution in [2.45, 2.75) is 13.0 Å². The molecular formula is C8H12N2O2. The van der Waals surface area contributed by atoms with Crippen molar-refractivity contribution in [3.8, 4) is 0 Å². The monoisotopic (exact) mass is 168 g/mol. The maximum atomic E-state index is 10.6. The molecule has 1 aromatic heterocycles. The number of rotatable bonds is 3. The van der Waals surface area contributed by atoms with Gasteiger partial charge in [0.05, 0.1) is 0 Å². The molecule has 4 heteroatoms. The smallest absolute Gasteiger partial charge is 0.326 e. The maximum absolute atomic E-state index is 10.6. The Morgan fingerprint density at radius 3 is 2.83 bits per heavy atom. The summed E-state index contributed by atoms with van der Waals surface area (Å²) in [6.07, 6.45) is 1.76. The second-order valence-electron chi connectivity index (χ2n) is 2.68. The molecular weight excluding hydrogens is 156 g/mol. The van der Waals surface area contributed by atoms with Crippen molar-refractivity contribution < 1.29 is 9.90 Å². The number of anilines is 1. The number of carboxylic acids is 1. The number of aromatic nitrogens is 1. The van der Waals surface area contributed by atoms with Gasteiger partial charge in [-0.1, -0.05) is 0 Å². The molecule has 0 aromatic carbocycles. The van der Waals surface area contributed by atoms with E-state index in [9.17, 15) is 4.79 Å². The van der Waals surface area contributed by atoms with Crippen LogP contribution in [0.1, 0.15) is 6.92 Å². The Morgan fingerprint density at radius 2 is 2.42 bits per heavy atom. The van der Waals surface area contributed by atoms with E-state index in [1.54, 1.807) is 25.1 Å². The Bertz CT molecular complexity index is 256. The van der Waals surface area contributed by atoms with Gasteiger partial charge in [0.25, 0.3) is 0 Å². The number of likely N-dealkylation sites (N-methyl/N-ethyl adjacent to an activating group) is 1. The van der Waals surface area contributed by atoms with E-state index in [0.717, 1.165) is 5.82 Å². The molecule has 0 saturated heterocycles. The van der Waals surface area contributed by atoms with Crippen LogP contribution in [-0.2, 0) is 4.79 Å². The van der Waals surface area contributed by atoms with Gasteiger partial charge in [0.15, 0.2) is 0 Å². The lowest BCUT2D eigenvalue weighted by Gasteiger charge is -2.21. The van der Waals surface area contributed by atoms with E-state index in [-0.39, 0.29) is 0 Å². The third-order valence-corrected chi connectivity index (χ3v) is 1.90. The number of aliphatic carboxylic acids is 1. The molecule has 0 aliphatic carbocycles. The fourth-order valence-corrected chi connectivity index (χ4v) is 0.915. The lowest BCUT2D eigenvalue weighted by Crippen LogP contribution is -2.35. The third-order valence-electron chi connectivity index (χ3n) is 1.90. The van der Waals surface area contributed by atoms with Crippen LogP contribution in [0.3, 0.4) is 0 Å². The molecule has 0 bridgehead atoms. The first-order valence-corrected chi connectivity index (χ1v) is 3.72. The summed E-state index contributed by atoms with van der Waals surface area (Å²) in [6.45, 7) is 1.64. The standard InChI is InChI=1S/C8H12N2O2/c1-6(8(11)12)10(2)7-4-3-5-9-7/h3-6,9H,1-2H3,(H,11,12). The average molecular weight is 168 g/mol. The van der Waals surface area contributed by atoms with Gasteiger partial charge >= 0.3 is 5.97 Å². The highest BCUT2D eigenvalue weighted by Crippen LogP contribution is 2.10. The van der Waals surface area contributed by atoms with Crippen LogP contribution in [0.5, 0.6) is 0 Å². The largest absolute Gasteiger partial charge is 0.480 e. The summed E-state index contributed by atoms with van der Waals surface area (Å²) in [7, 11) is 1.74. The molecule has 4 nitrogen and oxygen atoms in total. The highest BCUT2D eigenvalue weighted by atomic mass is 16.4. The fourth-order valence-electron chi connectivity index (χ4n) is 0.915. The van der Waals surface area contributed by atoms with Crippen molar-refractivity contribution in [1.82, 2.24) is 4.98 Å². The van der Waals surface area contributed by atoms with E-state index >= 15 is 0 Å². The SMILES string of the molecule is CC(C(=O)O)N(C)c1ccc[nH]1. The minimum absolute atomic E-state index is 0.511. The van der Waals surface area contributed by atoms with Crippen molar-refractivity contribution in [3.63, 3.8) is 0 Å². The van der Waals surface area contributed by atoms with Crippen molar-refractivity contribution in [1.29, 1.82) is 0 Å². The molecule has 0 aliphatic rings. The first-order chi connectivity index (χ1) is 5.63. The van der Waals surface area contributed by atoms with Crippen LogP contribution in [0, 0.1) is 0 Å². The van der Waals surface area contributed by atoms with Gasteiger partial charge in [-0.25, -0.2) is 4.79 Å². The highest BCUT2D eigenvalue weighted by molar-refractivity contribution is 5.76. The quantitative estimate of drug-likeness (QED) is 0.705. The lowest BCUT2D eigenvalue weighted by atomic mass is 10.3. The summed E-state index contributed by atoms with van der Waals surface area (Å²) < 4.78 is 0. The summed E-state index contributed by atoms with van der Waals surface area (Å²) >= 11 is 0. The van der Waals surface area contributed by atoms with Gasteiger partial charge in [-0.05, 0) is 19.1 Å². The summed E-state index contributed by atoms with van der Waals surface area (Å²) in [5.41, 5.74) is 0. The Kier molecular flexibility index (Phi) is 2.38. The topological polar surface area (TPSA) is 56.3 Å². The zero-order valence-corrected chi connectivity index (χ0v) is 7.11. The molecule has 0 radical (unpaired) electrons. The Hall–Kier alpha value is -1.45. The van der Waals surface area contributed by atoms with Crippen molar-refractivity contribution >= 4 is 11.8 Å². The summed E-state index contributed by atoms with van der Waals surface area (Å²) in [4.78, 5) is 15.2. The number of carboxylic acid groups (broad SMARTS) is 1. The van der Waals surface area contributed by atoms with Crippen LogP contribution in [0.4, 0.5) is 5.82 Å². The van der Waals surface area contributed by atoms with Crippen LogP contribution in [0.2, 0.25) is 0 Å². The first kappa shape index (κ1) is 8.64. The highest BCUT2D eigenvalue weighted by Gasteiger charge is 2.16. The van der Waals surface area contributed by atoms with Gasteiger partial charge in [-0.3, -0.25) is 0 Å². The number of H-pyrrole nitrogens is 1. The molecule has 1 heterocycles. The molecule has 2 N–H and O–H groups in total. The van der Waals surface area contributed by atoms with Gasteiger partial charge < -0.3 is 15.0 Å². The Balaban J connectivity index is 2.71. The first-order valence-electron chi connectivity index (χ1n) is 3.72. The number of hydrogen-bond acceptors (Lipinski definition) is 2. The molecule has 1 aromatic rings. The Labute approximate surface area is 70.8 Å². The second-order valence-corrected chi connectivity index (χ2v) is 2.68. The molecule has 0 aliphatic heterocycles. The average Bonchev–Trinajstić information content (AvgIpc) is 2.53. The van der Waals surface area contributed by atoms with Crippen LogP contribution in [0.25, 0.3) is 0 Å².